The predicted octanol–water partition coefficient (Wildman–Crippen LogP) is 5.99. The average molecular weight is 488 g/mol. The number of rotatable bonds is 13. The van der Waals surface area contributed by atoms with Crippen LogP contribution in [0.3, 0.4) is 0 Å². The van der Waals surface area contributed by atoms with E-state index in [9.17, 15) is 4.79 Å². The topological polar surface area (TPSA) is 81.9 Å². The number of carbonyl (C=O) groups excluding carboxylic acids is 1. The molecule has 2 heterocycles. The quantitative estimate of drug-likeness (QED) is 0.298. The Morgan fingerprint density at radius 1 is 1.18 bits per heavy atom. The number of nitrogens with one attached hydrogen (secondary N) is 1. The second-order valence-electron chi connectivity index (χ2n) is 8.40. The van der Waals surface area contributed by atoms with Crippen LogP contribution in [-0.2, 0) is 17.8 Å². The number of ether oxygens (including phenoxy) is 1. The second kappa shape index (κ2) is 12.7. The molecule has 0 bridgehead atoms. The molecule has 2 aromatic heterocycles. The molecule has 0 fully saturated rings. The van der Waals surface area contributed by atoms with Crippen molar-refractivity contribution in [3.8, 4) is 5.75 Å². The van der Waals surface area contributed by atoms with E-state index >= 15 is 0 Å². The molecule has 0 aliphatic heterocycles. The summed E-state index contributed by atoms with van der Waals surface area (Å²) in [5, 5.41) is 14.8. The summed E-state index contributed by atoms with van der Waals surface area (Å²) in [7, 11) is 0. The molecule has 7 nitrogen and oxygen atoms in total. The van der Waals surface area contributed by atoms with Crippen molar-refractivity contribution in [3.63, 3.8) is 0 Å². The molecule has 1 atom stereocenters. The first-order valence-corrected chi connectivity index (χ1v) is 13.3. The van der Waals surface area contributed by atoms with E-state index < -0.39 is 0 Å². The minimum Gasteiger partial charge on any atom is -0.486 e. The molecule has 0 radical (unpaired) electrons. The number of aromatic nitrogens is 4. The molecular weight excluding hydrogens is 454 g/mol. The highest BCUT2D eigenvalue weighted by molar-refractivity contribution is 7.99. The van der Waals surface area contributed by atoms with Crippen molar-refractivity contribution in [2.24, 2.45) is 5.92 Å². The lowest BCUT2D eigenvalue weighted by Gasteiger charge is -2.19. The summed E-state index contributed by atoms with van der Waals surface area (Å²) in [5.41, 5.74) is 1.28. The fourth-order valence-electron chi connectivity index (χ4n) is 3.44. The number of hydrogen-bond acceptors (Lipinski definition) is 7. The minimum atomic E-state index is -0.106. The molecule has 1 amide bonds. The minimum absolute atomic E-state index is 0.106. The van der Waals surface area contributed by atoms with Crippen LogP contribution in [0.5, 0.6) is 5.75 Å². The summed E-state index contributed by atoms with van der Waals surface area (Å²) >= 11 is 2.79. The van der Waals surface area contributed by atoms with Crippen molar-refractivity contribution >= 4 is 34.1 Å². The molecule has 0 aliphatic rings. The van der Waals surface area contributed by atoms with Crippen LogP contribution < -0.4 is 10.1 Å². The van der Waals surface area contributed by atoms with Crippen LogP contribution in [0.1, 0.15) is 64.4 Å². The lowest BCUT2D eigenvalue weighted by Crippen LogP contribution is -2.16. The number of nitrogens with zero attached hydrogens (tertiary/aromatic N) is 4. The lowest BCUT2D eigenvalue weighted by atomic mass is 10.0. The summed E-state index contributed by atoms with van der Waals surface area (Å²) in [4.78, 5) is 16.4. The zero-order valence-electron chi connectivity index (χ0n) is 19.8. The van der Waals surface area contributed by atoms with Gasteiger partial charge < -0.3 is 14.6 Å². The molecule has 3 rings (SSSR count). The van der Waals surface area contributed by atoms with E-state index in [0.29, 0.717) is 17.7 Å². The Balaban J connectivity index is 1.67. The number of benzene rings is 1. The average Bonchev–Trinajstić information content (AvgIpc) is 3.46. The van der Waals surface area contributed by atoms with E-state index in [0.717, 1.165) is 36.0 Å². The van der Waals surface area contributed by atoms with Gasteiger partial charge in [0.05, 0.1) is 5.75 Å². The molecule has 0 saturated heterocycles. The van der Waals surface area contributed by atoms with Crippen molar-refractivity contribution < 1.29 is 9.53 Å². The third-order valence-corrected chi connectivity index (χ3v) is 6.92. The van der Waals surface area contributed by atoms with Gasteiger partial charge in [-0.2, -0.15) is 0 Å². The highest BCUT2D eigenvalue weighted by Gasteiger charge is 2.20. The van der Waals surface area contributed by atoms with Gasteiger partial charge in [0.15, 0.2) is 16.1 Å². The van der Waals surface area contributed by atoms with E-state index in [1.54, 1.807) is 6.20 Å². The number of hydrogen-bond donors (Lipinski definition) is 1. The second-order valence-corrected chi connectivity index (χ2v) is 10.2. The Morgan fingerprint density at radius 3 is 2.64 bits per heavy atom. The molecule has 0 spiro atoms. The summed E-state index contributed by atoms with van der Waals surface area (Å²) in [6.07, 6.45) is 6.00. The van der Waals surface area contributed by atoms with Gasteiger partial charge in [-0.1, -0.05) is 57.5 Å². The fourth-order valence-corrected chi connectivity index (χ4v) is 4.84. The first-order chi connectivity index (χ1) is 16.0. The zero-order chi connectivity index (χ0) is 23.6. The first-order valence-electron chi connectivity index (χ1n) is 11.4. The van der Waals surface area contributed by atoms with Crippen LogP contribution in [0.25, 0.3) is 0 Å². The van der Waals surface area contributed by atoms with Crippen molar-refractivity contribution in [1.82, 2.24) is 19.7 Å². The summed E-state index contributed by atoms with van der Waals surface area (Å²) in [6, 6.07) is 8.35. The van der Waals surface area contributed by atoms with Gasteiger partial charge in [0.2, 0.25) is 5.91 Å². The third-order valence-electron chi connectivity index (χ3n) is 5.29. The Hall–Kier alpha value is -2.39. The molecule has 0 aliphatic carbocycles. The third kappa shape index (κ3) is 7.85. The molecule has 1 N–H and O–H groups in total. The first kappa shape index (κ1) is 25.2. The maximum absolute atomic E-state index is 12.3. The number of thiazole rings is 1. The number of amides is 1. The molecule has 9 heteroatoms. The van der Waals surface area contributed by atoms with E-state index in [2.05, 4.69) is 64.9 Å². The van der Waals surface area contributed by atoms with Crippen LogP contribution in [0.4, 0.5) is 5.13 Å². The summed E-state index contributed by atoms with van der Waals surface area (Å²) in [5.74, 6) is 2.40. The smallest absolute Gasteiger partial charge is 0.236 e. The number of aryl methyl sites for hydroxylation is 1. The molecule has 1 aromatic carbocycles. The van der Waals surface area contributed by atoms with Gasteiger partial charge in [-0.05, 0) is 43.4 Å². The Labute approximate surface area is 204 Å². The predicted molar refractivity (Wildman–Crippen MR) is 135 cm³/mol. The Bertz CT molecular complexity index is 987. The molecule has 33 heavy (non-hydrogen) atoms. The molecule has 0 saturated carbocycles. The zero-order valence-corrected chi connectivity index (χ0v) is 21.4. The maximum Gasteiger partial charge on any atom is 0.236 e. The standard InChI is InChI=1S/C24H33N5O2S2/c1-5-19-9-11-20(12-10-19)31-15-21-27-28-24(29(21)18(4)8-6-7-17(2)3)33-16-22(30)26-23-25-13-14-32-23/h9-14,17-18H,5-8,15-16H2,1-4H3,(H,25,26,30)/t18-/m1/s1. The van der Waals surface area contributed by atoms with Crippen LogP contribution in [0, 0.1) is 5.92 Å². The number of thioether (sulfide) groups is 1. The highest BCUT2D eigenvalue weighted by atomic mass is 32.2. The SMILES string of the molecule is CCc1ccc(OCc2nnc(SCC(=O)Nc3nccs3)n2[C@H](C)CCCC(C)C)cc1. The fraction of sp³-hybridized carbons (Fsp3) is 0.500. The van der Waals surface area contributed by atoms with Gasteiger partial charge in [0.1, 0.15) is 12.4 Å². The van der Waals surface area contributed by atoms with Crippen molar-refractivity contribution in [3.05, 3.63) is 47.2 Å². The van der Waals surface area contributed by atoms with E-state index in [1.807, 2.05) is 17.5 Å². The highest BCUT2D eigenvalue weighted by Crippen LogP contribution is 2.27. The van der Waals surface area contributed by atoms with Gasteiger partial charge in [0.25, 0.3) is 0 Å². The van der Waals surface area contributed by atoms with E-state index in [1.165, 1.54) is 35.1 Å². The summed E-state index contributed by atoms with van der Waals surface area (Å²) in [6.45, 7) is 9.14. The van der Waals surface area contributed by atoms with Crippen LogP contribution in [0.2, 0.25) is 0 Å². The van der Waals surface area contributed by atoms with Gasteiger partial charge in [-0.25, -0.2) is 4.98 Å². The Kier molecular flexibility index (Phi) is 9.75. The number of carbonyl (C=O) groups is 1. The Morgan fingerprint density at radius 2 is 1.97 bits per heavy atom. The summed E-state index contributed by atoms with van der Waals surface area (Å²) < 4.78 is 8.14. The largest absolute Gasteiger partial charge is 0.486 e. The molecule has 3 aromatic rings. The van der Waals surface area contributed by atoms with Crippen LogP contribution in [0.15, 0.2) is 41.0 Å². The van der Waals surface area contributed by atoms with Crippen molar-refractivity contribution in [2.45, 2.75) is 71.2 Å². The van der Waals surface area contributed by atoms with E-state index in [-0.39, 0.29) is 17.7 Å². The lowest BCUT2D eigenvalue weighted by molar-refractivity contribution is -0.113. The molecule has 178 valence electrons. The molecule has 0 unspecified atom stereocenters. The van der Waals surface area contributed by atoms with Gasteiger partial charge in [0, 0.05) is 17.6 Å². The van der Waals surface area contributed by atoms with Gasteiger partial charge >= 0.3 is 0 Å². The molecular formula is C24H33N5O2S2. The van der Waals surface area contributed by atoms with E-state index in [4.69, 9.17) is 4.74 Å². The van der Waals surface area contributed by atoms with Gasteiger partial charge in [-0.3, -0.25) is 4.79 Å². The maximum atomic E-state index is 12.3. The van der Waals surface area contributed by atoms with Crippen LogP contribution >= 0.6 is 23.1 Å². The normalized spacial score (nSPS) is 12.2. The van der Waals surface area contributed by atoms with Gasteiger partial charge in [-0.15, -0.1) is 21.5 Å². The van der Waals surface area contributed by atoms with Crippen LogP contribution in [-0.4, -0.2) is 31.4 Å². The van der Waals surface area contributed by atoms with Crippen molar-refractivity contribution in [1.29, 1.82) is 0 Å². The number of anilines is 1. The monoisotopic (exact) mass is 487 g/mol. The van der Waals surface area contributed by atoms with Crippen molar-refractivity contribution in [2.75, 3.05) is 11.1 Å².